The number of carbonyl (C=O) groups is 1. The molecule has 6 heteroatoms. The highest BCUT2D eigenvalue weighted by molar-refractivity contribution is 6.30. The van der Waals surface area contributed by atoms with Crippen molar-refractivity contribution in [2.24, 2.45) is 0 Å². The molecule has 0 aliphatic carbocycles. The molecule has 0 bridgehead atoms. The van der Waals surface area contributed by atoms with E-state index in [2.05, 4.69) is 0 Å². The van der Waals surface area contributed by atoms with Crippen LogP contribution in [-0.2, 0) is 4.74 Å². The summed E-state index contributed by atoms with van der Waals surface area (Å²) in [5, 5.41) is 9.07. The molecule has 1 heterocycles. The number of benzene rings is 1. The Bertz CT molecular complexity index is 759. The van der Waals surface area contributed by atoms with E-state index in [1.807, 2.05) is 11.5 Å². The summed E-state index contributed by atoms with van der Waals surface area (Å²) >= 11 is 6.07. The van der Waals surface area contributed by atoms with Gasteiger partial charge in [-0.15, -0.1) is 0 Å². The molecule has 0 unspecified atom stereocenters. The number of hydrogen-bond acceptors (Lipinski definition) is 4. The topological polar surface area (TPSA) is 64.2 Å². The molecule has 2 rings (SSSR count). The minimum absolute atomic E-state index is 0.275. The van der Waals surface area contributed by atoms with Crippen LogP contribution in [0, 0.1) is 25.2 Å². The fraction of sp³-hybridized carbons (Fsp3) is 0.250. The van der Waals surface area contributed by atoms with Crippen LogP contribution in [0.5, 0.6) is 5.75 Å². The Morgan fingerprint density at radius 3 is 2.73 bits per heavy atom. The van der Waals surface area contributed by atoms with Gasteiger partial charge in [0.2, 0.25) is 0 Å². The van der Waals surface area contributed by atoms with Gasteiger partial charge in [-0.1, -0.05) is 11.6 Å². The van der Waals surface area contributed by atoms with Gasteiger partial charge in [0.1, 0.15) is 11.8 Å². The first kappa shape index (κ1) is 15.9. The van der Waals surface area contributed by atoms with Crippen molar-refractivity contribution in [1.29, 1.82) is 5.26 Å². The Balaban J connectivity index is 2.54. The SMILES string of the molecule is COc1ccc(Cl)cc1-n1c(C)cc(C(=O)OCC#N)c1C. The van der Waals surface area contributed by atoms with E-state index in [-0.39, 0.29) is 6.61 Å². The largest absolute Gasteiger partial charge is 0.495 e. The Hall–Kier alpha value is -2.45. The average Bonchev–Trinajstić information content (AvgIpc) is 2.79. The summed E-state index contributed by atoms with van der Waals surface area (Å²) in [4.78, 5) is 12.0. The predicted octanol–water partition coefficient (Wildman–Crippen LogP) is 3.44. The first-order valence-corrected chi connectivity index (χ1v) is 6.94. The molecule has 0 radical (unpaired) electrons. The van der Waals surface area contributed by atoms with Gasteiger partial charge in [0.25, 0.3) is 0 Å². The molecule has 0 fully saturated rings. The van der Waals surface area contributed by atoms with Gasteiger partial charge in [-0.25, -0.2) is 4.79 Å². The lowest BCUT2D eigenvalue weighted by Gasteiger charge is -2.14. The zero-order valence-electron chi connectivity index (χ0n) is 12.5. The third-order valence-electron chi connectivity index (χ3n) is 3.30. The summed E-state index contributed by atoms with van der Waals surface area (Å²) < 4.78 is 12.1. The fourth-order valence-corrected chi connectivity index (χ4v) is 2.52. The van der Waals surface area contributed by atoms with Crippen molar-refractivity contribution in [1.82, 2.24) is 4.57 Å². The molecule has 1 aromatic carbocycles. The van der Waals surface area contributed by atoms with Gasteiger partial charge in [-0.2, -0.15) is 5.26 Å². The first-order valence-electron chi connectivity index (χ1n) is 6.56. The molecular weight excluding hydrogens is 304 g/mol. The number of nitriles is 1. The molecule has 1 aromatic heterocycles. The molecule has 0 aliphatic rings. The highest BCUT2D eigenvalue weighted by atomic mass is 35.5. The molecule has 0 spiro atoms. The van der Waals surface area contributed by atoms with E-state index in [1.165, 1.54) is 0 Å². The van der Waals surface area contributed by atoms with Crippen LogP contribution in [0.4, 0.5) is 0 Å². The van der Waals surface area contributed by atoms with E-state index in [0.29, 0.717) is 22.0 Å². The lowest BCUT2D eigenvalue weighted by molar-refractivity contribution is 0.0554. The molecule has 22 heavy (non-hydrogen) atoms. The van der Waals surface area contributed by atoms with Crippen LogP contribution in [0.1, 0.15) is 21.7 Å². The normalized spacial score (nSPS) is 10.1. The summed E-state index contributed by atoms with van der Waals surface area (Å²) in [5.41, 5.74) is 2.68. The van der Waals surface area contributed by atoms with Gasteiger partial charge in [0.05, 0.1) is 18.4 Å². The maximum Gasteiger partial charge on any atom is 0.341 e. The van der Waals surface area contributed by atoms with E-state index in [1.54, 1.807) is 44.4 Å². The summed E-state index contributed by atoms with van der Waals surface area (Å²) in [7, 11) is 1.57. The van der Waals surface area contributed by atoms with Gasteiger partial charge < -0.3 is 14.0 Å². The number of methoxy groups -OCH3 is 1. The Morgan fingerprint density at radius 1 is 1.36 bits per heavy atom. The molecule has 0 saturated heterocycles. The zero-order chi connectivity index (χ0) is 16.3. The van der Waals surface area contributed by atoms with Gasteiger partial charge in [-0.3, -0.25) is 0 Å². The number of ether oxygens (including phenoxy) is 2. The molecule has 5 nitrogen and oxygen atoms in total. The van der Waals surface area contributed by atoms with Gasteiger partial charge >= 0.3 is 5.97 Å². The first-order chi connectivity index (χ1) is 10.5. The van der Waals surface area contributed by atoms with Crippen LogP contribution in [0.25, 0.3) is 5.69 Å². The summed E-state index contributed by atoms with van der Waals surface area (Å²) in [6.07, 6.45) is 0. The van der Waals surface area contributed by atoms with Crippen LogP contribution >= 0.6 is 11.6 Å². The van der Waals surface area contributed by atoms with Crippen LogP contribution in [0.3, 0.4) is 0 Å². The van der Waals surface area contributed by atoms with Gasteiger partial charge in [0.15, 0.2) is 6.61 Å². The minimum Gasteiger partial charge on any atom is -0.495 e. The zero-order valence-corrected chi connectivity index (χ0v) is 13.3. The maximum absolute atomic E-state index is 12.0. The monoisotopic (exact) mass is 318 g/mol. The molecule has 0 amide bonds. The summed E-state index contributed by atoms with van der Waals surface area (Å²) in [6.45, 7) is 3.40. The van der Waals surface area contributed by atoms with E-state index in [0.717, 1.165) is 11.4 Å². The van der Waals surface area contributed by atoms with Crippen molar-refractivity contribution < 1.29 is 14.3 Å². The van der Waals surface area contributed by atoms with Crippen LogP contribution in [0.15, 0.2) is 24.3 Å². The second-order valence-corrected chi connectivity index (χ2v) is 5.11. The summed E-state index contributed by atoms with van der Waals surface area (Å²) in [5.74, 6) is 0.116. The van der Waals surface area contributed by atoms with E-state index >= 15 is 0 Å². The van der Waals surface area contributed by atoms with E-state index in [4.69, 9.17) is 26.3 Å². The number of rotatable bonds is 4. The number of aromatic nitrogens is 1. The molecular formula is C16H15ClN2O3. The Kier molecular flexibility index (Phi) is 4.74. The van der Waals surface area contributed by atoms with Crippen LogP contribution in [0.2, 0.25) is 5.02 Å². The molecule has 114 valence electrons. The van der Waals surface area contributed by atoms with Crippen LogP contribution < -0.4 is 4.74 Å². The second kappa shape index (κ2) is 6.54. The lowest BCUT2D eigenvalue weighted by atomic mass is 10.2. The van der Waals surface area contributed by atoms with Crippen molar-refractivity contribution >= 4 is 17.6 Å². The standard InChI is InChI=1S/C16H15ClN2O3/c1-10-8-13(16(20)22-7-6-18)11(2)19(10)14-9-12(17)4-5-15(14)21-3/h4-5,8-9H,7H2,1-3H3. The number of halogens is 1. The van der Waals surface area contributed by atoms with Crippen molar-refractivity contribution in [3.05, 3.63) is 46.2 Å². The van der Waals surface area contributed by atoms with Gasteiger partial charge in [0, 0.05) is 16.4 Å². The lowest BCUT2D eigenvalue weighted by Crippen LogP contribution is -2.08. The van der Waals surface area contributed by atoms with E-state index < -0.39 is 5.97 Å². The Labute approximate surface area is 133 Å². The van der Waals surface area contributed by atoms with Crippen molar-refractivity contribution in [3.63, 3.8) is 0 Å². The molecule has 0 N–H and O–H groups in total. The number of aryl methyl sites for hydroxylation is 1. The summed E-state index contributed by atoms with van der Waals surface area (Å²) in [6, 6.07) is 8.77. The third-order valence-corrected chi connectivity index (χ3v) is 3.54. The smallest absolute Gasteiger partial charge is 0.341 e. The highest BCUT2D eigenvalue weighted by Crippen LogP contribution is 2.30. The number of hydrogen-bond donors (Lipinski definition) is 0. The molecule has 0 aliphatic heterocycles. The van der Waals surface area contributed by atoms with E-state index in [9.17, 15) is 4.79 Å². The quantitative estimate of drug-likeness (QED) is 0.810. The van der Waals surface area contributed by atoms with Crippen molar-refractivity contribution in [2.45, 2.75) is 13.8 Å². The van der Waals surface area contributed by atoms with Crippen molar-refractivity contribution in [3.8, 4) is 17.5 Å². The molecule has 0 atom stereocenters. The van der Waals surface area contributed by atoms with Gasteiger partial charge in [-0.05, 0) is 38.1 Å². The second-order valence-electron chi connectivity index (χ2n) is 4.67. The molecule has 2 aromatic rings. The maximum atomic E-state index is 12.0. The predicted molar refractivity (Wildman–Crippen MR) is 82.7 cm³/mol. The molecule has 0 saturated carbocycles. The third kappa shape index (κ3) is 2.92. The minimum atomic E-state index is -0.526. The van der Waals surface area contributed by atoms with Crippen molar-refractivity contribution in [2.75, 3.05) is 13.7 Å². The number of esters is 1. The average molecular weight is 319 g/mol. The highest BCUT2D eigenvalue weighted by Gasteiger charge is 2.19. The fourth-order valence-electron chi connectivity index (χ4n) is 2.35. The van der Waals surface area contributed by atoms with Crippen LogP contribution in [-0.4, -0.2) is 24.3 Å². The number of carbonyl (C=O) groups excluding carboxylic acids is 1. The number of nitrogens with zero attached hydrogens (tertiary/aromatic N) is 2. The Morgan fingerprint density at radius 2 is 2.09 bits per heavy atom.